The molecule has 19 heavy (non-hydrogen) atoms. The second-order valence-electron chi connectivity index (χ2n) is 3.94. The van der Waals surface area contributed by atoms with Crippen molar-refractivity contribution in [3.8, 4) is 11.5 Å². The van der Waals surface area contributed by atoms with Gasteiger partial charge in [-0.15, -0.1) is 0 Å². The van der Waals surface area contributed by atoms with Crippen molar-refractivity contribution >= 4 is 11.6 Å². The molecule has 5 heteroatoms. The van der Waals surface area contributed by atoms with Gasteiger partial charge in [0.2, 0.25) is 0 Å². The second kappa shape index (κ2) is 5.99. The minimum atomic E-state index is -0.653. The Hall–Kier alpha value is -1.65. The third kappa shape index (κ3) is 3.22. The van der Waals surface area contributed by atoms with Crippen LogP contribution in [0.4, 0.5) is 8.78 Å². The topological polar surface area (TPSA) is 35.2 Å². The zero-order valence-electron chi connectivity index (χ0n) is 10.00. The fraction of sp³-hybridized carbons (Fsp3) is 0.143. The molecule has 2 nitrogen and oxygen atoms in total. The Morgan fingerprint density at radius 1 is 1.16 bits per heavy atom. The van der Waals surface area contributed by atoms with Gasteiger partial charge in [-0.1, -0.05) is 23.7 Å². The summed E-state index contributed by atoms with van der Waals surface area (Å²) in [5.74, 6) is -1.13. The molecule has 0 saturated carbocycles. The zero-order valence-corrected chi connectivity index (χ0v) is 10.8. The average Bonchev–Trinajstić information content (AvgIpc) is 2.38. The monoisotopic (exact) mass is 283 g/mol. The fourth-order valence-electron chi connectivity index (χ4n) is 1.69. The maximum Gasteiger partial charge on any atom is 0.166 e. The Kier molecular flexibility index (Phi) is 4.35. The van der Waals surface area contributed by atoms with Gasteiger partial charge in [-0.2, -0.15) is 0 Å². The molecule has 0 aromatic heterocycles. The number of hydrogen-bond acceptors (Lipinski definition) is 2. The van der Waals surface area contributed by atoms with Gasteiger partial charge >= 0.3 is 0 Å². The summed E-state index contributed by atoms with van der Waals surface area (Å²) in [7, 11) is 0. The third-order valence-corrected chi connectivity index (χ3v) is 2.87. The highest BCUT2D eigenvalue weighted by Crippen LogP contribution is 2.34. The van der Waals surface area contributed by atoms with Crippen LogP contribution in [0.1, 0.15) is 5.56 Å². The van der Waals surface area contributed by atoms with Gasteiger partial charge in [-0.25, -0.2) is 8.78 Å². The zero-order chi connectivity index (χ0) is 13.8. The van der Waals surface area contributed by atoms with E-state index in [0.717, 1.165) is 23.8 Å². The van der Waals surface area contributed by atoms with Crippen molar-refractivity contribution in [3.63, 3.8) is 0 Å². The summed E-state index contributed by atoms with van der Waals surface area (Å²) < 4.78 is 32.0. The number of benzene rings is 2. The standard InChI is InChI=1S/C14H12ClF2NO/c15-11-3-1-2-9(6-7-18)14(11)19-13-8-10(16)4-5-12(13)17/h1-5,8H,6-7,18H2. The molecule has 0 radical (unpaired) electrons. The highest BCUT2D eigenvalue weighted by Gasteiger charge is 2.12. The molecule has 0 atom stereocenters. The highest BCUT2D eigenvalue weighted by molar-refractivity contribution is 6.32. The predicted octanol–water partition coefficient (Wildman–Crippen LogP) is 3.91. The minimum absolute atomic E-state index is 0.202. The Morgan fingerprint density at radius 2 is 1.95 bits per heavy atom. The molecular weight excluding hydrogens is 272 g/mol. The summed E-state index contributed by atoms with van der Waals surface area (Å²) in [4.78, 5) is 0. The van der Waals surface area contributed by atoms with E-state index < -0.39 is 11.6 Å². The lowest BCUT2D eigenvalue weighted by Crippen LogP contribution is -2.04. The van der Waals surface area contributed by atoms with E-state index in [4.69, 9.17) is 22.1 Å². The van der Waals surface area contributed by atoms with Gasteiger partial charge in [0.05, 0.1) is 5.02 Å². The lowest BCUT2D eigenvalue weighted by atomic mass is 10.1. The lowest BCUT2D eigenvalue weighted by molar-refractivity contribution is 0.432. The van der Waals surface area contributed by atoms with E-state index in [0.29, 0.717) is 23.7 Å². The van der Waals surface area contributed by atoms with Gasteiger partial charge in [0.15, 0.2) is 11.6 Å². The van der Waals surface area contributed by atoms with E-state index in [-0.39, 0.29) is 5.75 Å². The van der Waals surface area contributed by atoms with Crippen LogP contribution in [0.25, 0.3) is 0 Å². The third-order valence-electron chi connectivity index (χ3n) is 2.57. The molecule has 2 rings (SSSR count). The van der Waals surface area contributed by atoms with E-state index in [9.17, 15) is 8.78 Å². The van der Waals surface area contributed by atoms with Gasteiger partial charge in [0.25, 0.3) is 0 Å². The van der Waals surface area contributed by atoms with E-state index in [1.165, 1.54) is 0 Å². The molecular formula is C14H12ClF2NO. The van der Waals surface area contributed by atoms with Crippen LogP contribution in [0, 0.1) is 11.6 Å². The molecule has 0 saturated heterocycles. The number of para-hydroxylation sites is 1. The first-order valence-corrected chi connectivity index (χ1v) is 6.10. The molecule has 0 unspecified atom stereocenters. The quantitative estimate of drug-likeness (QED) is 0.923. The fourth-order valence-corrected chi connectivity index (χ4v) is 1.92. The molecule has 0 fully saturated rings. The first-order valence-electron chi connectivity index (χ1n) is 5.72. The molecule has 0 bridgehead atoms. The van der Waals surface area contributed by atoms with Crippen LogP contribution >= 0.6 is 11.6 Å². The number of rotatable bonds is 4. The van der Waals surface area contributed by atoms with Crippen molar-refractivity contribution in [1.82, 2.24) is 0 Å². The highest BCUT2D eigenvalue weighted by atomic mass is 35.5. The van der Waals surface area contributed by atoms with Gasteiger partial charge in [-0.3, -0.25) is 0 Å². The van der Waals surface area contributed by atoms with E-state index in [2.05, 4.69) is 0 Å². The Labute approximate surface area is 114 Å². The first-order chi connectivity index (χ1) is 9.11. The Bertz CT molecular complexity index is 590. The number of ether oxygens (including phenoxy) is 1. The summed E-state index contributed by atoms with van der Waals surface area (Å²) in [6.07, 6.45) is 0.535. The molecule has 0 aliphatic carbocycles. The lowest BCUT2D eigenvalue weighted by Gasteiger charge is -2.13. The van der Waals surface area contributed by atoms with Crippen LogP contribution in [-0.2, 0) is 6.42 Å². The number of nitrogens with two attached hydrogens (primary N) is 1. The summed E-state index contributed by atoms with van der Waals surface area (Å²) in [6.45, 7) is 0.405. The molecule has 100 valence electrons. The molecule has 0 heterocycles. The molecule has 2 aromatic rings. The number of halogens is 3. The van der Waals surface area contributed by atoms with Crippen molar-refractivity contribution in [2.75, 3.05) is 6.54 Å². The maximum atomic E-state index is 13.5. The van der Waals surface area contributed by atoms with Gasteiger partial charge < -0.3 is 10.5 Å². The number of hydrogen-bond donors (Lipinski definition) is 1. The van der Waals surface area contributed by atoms with Gasteiger partial charge in [0.1, 0.15) is 11.6 Å². The van der Waals surface area contributed by atoms with Crippen LogP contribution < -0.4 is 10.5 Å². The molecule has 0 aliphatic heterocycles. The van der Waals surface area contributed by atoms with Crippen molar-refractivity contribution in [3.05, 3.63) is 58.6 Å². The van der Waals surface area contributed by atoms with Crippen LogP contribution in [-0.4, -0.2) is 6.54 Å². The molecule has 2 aromatic carbocycles. The van der Waals surface area contributed by atoms with Crippen LogP contribution in [0.2, 0.25) is 5.02 Å². The molecule has 2 N–H and O–H groups in total. The second-order valence-corrected chi connectivity index (χ2v) is 4.35. The minimum Gasteiger partial charge on any atom is -0.452 e. The van der Waals surface area contributed by atoms with Crippen molar-refractivity contribution < 1.29 is 13.5 Å². The first kappa shape index (κ1) is 13.8. The molecule has 0 amide bonds. The molecule has 0 aliphatic rings. The summed E-state index contributed by atoms with van der Waals surface area (Å²) >= 11 is 6.03. The van der Waals surface area contributed by atoms with Crippen molar-refractivity contribution in [2.24, 2.45) is 5.73 Å². The predicted molar refractivity (Wildman–Crippen MR) is 70.6 cm³/mol. The van der Waals surface area contributed by atoms with E-state index in [1.807, 2.05) is 0 Å². The Morgan fingerprint density at radius 3 is 2.68 bits per heavy atom. The van der Waals surface area contributed by atoms with Crippen molar-refractivity contribution in [1.29, 1.82) is 0 Å². The van der Waals surface area contributed by atoms with Crippen LogP contribution in [0.5, 0.6) is 11.5 Å². The van der Waals surface area contributed by atoms with Gasteiger partial charge in [0, 0.05) is 6.07 Å². The van der Waals surface area contributed by atoms with Crippen molar-refractivity contribution in [2.45, 2.75) is 6.42 Å². The SMILES string of the molecule is NCCc1cccc(Cl)c1Oc1cc(F)ccc1F. The maximum absolute atomic E-state index is 13.5. The van der Waals surface area contributed by atoms with E-state index >= 15 is 0 Å². The van der Waals surface area contributed by atoms with Crippen LogP contribution in [0.3, 0.4) is 0 Å². The molecule has 0 spiro atoms. The Balaban J connectivity index is 2.39. The summed E-state index contributed by atoms with van der Waals surface area (Å²) in [5.41, 5.74) is 6.24. The summed E-state index contributed by atoms with van der Waals surface area (Å²) in [5, 5.41) is 0.328. The van der Waals surface area contributed by atoms with Crippen LogP contribution in [0.15, 0.2) is 36.4 Å². The van der Waals surface area contributed by atoms with Gasteiger partial charge in [-0.05, 0) is 36.7 Å². The normalized spacial score (nSPS) is 10.5. The van der Waals surface area contributed by atoms with E-state index in [1.54, 1.807) is 18.2 Å². The smallest absolute Gasteiger partial charge is 0.166 e. The largest absolute Gasteiger partial charge is 0.452 e. The summed E-state index contributed by atoms with van der Waals surface area (Å²) in [6, 6.07) is 8.16. The average molecular weight is 284 g/mol.